The second-order valence-electron chi connectivity index (χ2n) is 11.2. The zero-order valence-corrected chi connectivity index (χ0v) is 24.8. The molecule has 0 spiro atoms. The van der Waals surface area contributed by atoms with Crippen LogP contribution in [0.3, 0.4) is 0 Å². The molecule has 4 aromatic rings. The number of likely N-dealkylation sites (N-methyl/N-ethyl adjacent to an activating group) is 1. The van der Waals surface area contributed by atoms with Gasteiger partial charge in [0, 0.05) is 43.7 Å². The Hall–Kier alpha value is -4.92. The zero-order valence-electron chi connectivity index (χ0n) is 24.8. The maximum Gasteiger partial charge on any atom is 0.408 e. The van der Waals surface area contributed by atoms with E-state index in [-0.39, 0.29) is 24.3 Å². The van der Waals surface area contributed by atoms with E-state index in [9.17, 15) is 14.4 Å². The summed E-state index contributed by atoms with van der Waals surface area (Å²) in [5, 5.41) is 5.79. The largest absolute Gasteiger partial charge is 0.445 e. The van der Waals surface area contributed by atoms with Crippen LogP contribution in [-0.4, -0.2) is 58.5 Å². The van der Waals surface area contributed by atoms with E-state index < -0.39 is 24.1 Å². The molecule has 2 atom stereocenters. The van der Waals surface area contributed by atoms with Crippen molar-refractivity contribution in [1.29, 1.82) is 0 Å². The van der Waals surface area contributed by atoms with Gasteiger partial charge < -0.3 is 25.3 Å². The molecule has 0 aliphatic carbocycles. The van der Waals surface area contributed by atoms with Crippen LogP contribution in [0.4, 0.5) is 4.79 Å². The Bertz CT molecular complexity index is 1440. The van der Waals surface area contributed by atoms with E-state index in [1.807, 2.05) is 91.0 Å². The highest BCUT2D eigenvalue weighted by Gasteiger charge is 2.34. The van der Waals surface area contributed by atoms with E-state index in [4.69, 9.17) is 4.74 Å². The summed E-state index contributed by atoms with van der Waals surface area (Å²) in [6, 6.07) is 27.0. The van der Waals surface area contributed by atoms with Crippen molar-refractivity contribution in [3.05, 3.63) is 126 Å². The SMILES string of the molecule is CN(C(=O)[C@H](Cc1cnc[nH]1)NC(=O)OCc1ccccc1)[C@@H](Cc1ccccc1)C(=O)NCC(C)(C)c1ccccc1. The lowest BCUT2D eigenvalue weighted by atomic mass is 9.84. The van der Waals surface area contributed by atoms with Crippen molar-refractivity contribution < 1.29 is 19.1 Å². The standard InChI is InChI=1S/C34H39N5O4/c1-34(2,27-17-11-6-12-18-27)23-36-31(40)30(19-25-13-7-4-8-14-25)39(3)32(41)29(20-28-21-35-24-37-28)38-33(42)43-22-26-15-9-5-10-16-26/h4-18,21,24,29-30H,19-20,22-23H2,1-3H3,(H,35,37)(H,36,40)(H,38,42)/t29-,30-/m0/s1. The van der Waals surface area contributed by atoms with Gasteiger partial charge in [0.05, 0.1) is 6.33 Å². The van der Waals surface area contributed by atoms with Gasteiger partial charge in [-0.05, 0) is 16.7 Å². The summed E-state index contributed by atoms with van der Waals surface area (Å²) in [7, 11) is 1.59. The third-order valence-corrected chi connectivity index (χ3v) is 7.43. The Morgan fingerprint density at radius 1 is 0.884 bits per heavy atom. The first-order valence-corrected chi connectivity index (χ1v) is 14.3. The fourth-order valence-electron chi connectivity index (χ4n) is 4.78. The summed E-state index contributed by atoms with van der Waals surface area (Å²) in [5.41, 5.74) is 3.15. The summed E-state index contributed by atoms with van der Waals surface area (Å²) in [4.78, 5) is 49.0. The van der Waals surface area contributed by atoms with Gasteiger partial charge in [-0.2, -0.15) is 0 Å². The molecule has 1 heterocycles. The molecule has 3 amide bonds. The zero-order chi connectivity index (χ0) is 30.7. The van der Waals surface area contributed by atoms with Crippen LogP contribution in [0, 0.1) is 0 Å². The van der Waals surface area contributed by atoms with E-state index in [1.165, 1.54) is 11.2 Å². The van der Waals surface area contributed by atoms with E-state index in [2.05, 4.69) is 34.4 Å². The number of imidazole rings is 1. The monoisotopic (exact) mass is 581 g/mol. The number of alkyl carbamates (subject to hydrolysis) is 1. The van der Waals surface area contributed by atoms with Gasteiger partial charge in [0.25, 0.3) is 0 Å². The molecule has 4 rings (SSSR count). The summed E-state index contributed by atoms with van der Waals surface area (Å²) in [6.45, 7) is 4.57. The number of carbonyl (C=O) groups is 3. The number of ether oxygens (including phenoxy) is 1. The fraction of sp³-hybridized carbons (Fsp3) is 0.294. The Morgan fingerprint density at radius 2 is 1.49 bits per heavy atom. The van der Waals surface area contributed by atoms with Gasteiger partial charge in [-0.15, -0.1) is 0 Å². The number of rotatable bonds is 13. The van der Waals surface area contributed by atoms with Gasteiger partial charge in [0.15, 0.2) is 0 Å². The van der Waals surface area contributed by atoms with Crippen LogP contribution in [0.25, 0.3) is 0 Å². The first kappa shape index (κ1) is 31.0. The Kier molecular flexibility index (Phi) is 10.7. The minimum absolute atomic E-state index is 0.0592. The summed E-state index contributed by atoms with van der Waals surface area (Å²) in [5.74, 6) is -0.708. The molecule has 0 fully saturated rings. The highest BCUT2D eigenvalue weighted by Crippen LogP contribution is 2.22. The first-order chi connectivity index (χ1) is 20.7. The topological polar surface area (TPSA) is 116 Å². The minimum atomic E-state index is -0.999. The fourth-order valence-corrected chi connectivity index (χ4v) is 4.78. The van der Waals surface area contributed by atoms with Crippen molar-refractivity contribution >= 4 is 17.9 Å². The van der Waals surface area contributed by atoms with Crippen LogP contribution in [0.2, 0.25) is 0 Å². The molecule has 9 heteroatoms. The molecule has 3 N–H and O–H groups in total. The molecule has 43 heavy (non-hydrogen) atoms. The first-order valence-electron chi connectivity index (χ1n) is 14.3. The lowest BCUT2D eigenvalue weighted by Gasteiger charge is -2.32. The van der Waals surface area contributed by atoms with Gasteiger partial charge in [0.1, 0.15) is 18.7 Å². The number of aromatic amines is 1. The number of benzene rings is 3. The van der Waals surface area contributed by atoms with Crippen LogP contribution in [0.15, 0.2) is 104 Å². The van der Waals surface area contributed by atoms with Gasteiger partial charge in [-0.1, -0.05) is 105 Å². The highest BCUT2D eigenvalue weighted by molar-refractivity contribution is 5.91. The minimum Gasteiger partial charge on any atom is -0.445 e. The molecule has 0 aliphatic heterocycles. The number of amides is 3. The third kappa shape index (κ3) is 9.03. The molecule has 0 saturated heterocycles. The van der Waals surface area contributed by atoms with Crippen molar-refractivity contribution in [3.63, 3.8) is 0 Å². The smallest absolute Gasteiger partial charge is 0.408 e. The molecule has 224 valence electrons. The van der Waals surface area contributed by atoms with E-state index in [1.54, 1.807) is 13.2 Å². The lowest BCUT2D eigenvalue weighted by molar-refractivity contribution is -0.140. The summed E-state index contributed by atoms with van der Waals surface area (Å²) >= 11 is 0. The molecule has 0 radical (unpaired) electrons. The molecule has 9 nitrogen and oxygen atoms in total. The third-order valence-electron chi connectivity index (χ3n) is 7.43. The maximum atomic E-state index is 14.0. The molecule has 3 aromatic carbocycles. The molecule has 0 unspecified atom stereocenters. The van der Waals surface area contributed by atoms with Gasteiger partial charge >= 0.3 is 6.09 Å². The van der Waals surface area contributed by atoms with E-state index >= 15 is 0 Å². The number of H-pyrrole nitrogens is 1. The lowest BCUT2D eigenvalue weighted by Crippen LogP contribution is -2.56. The van der Waals surface area contributed by atoms with Crippen molar-refractivity contribution in [2.24, 2.45) is 0 Å². The molecule has 0 saturated carbocycles. The number of aromatic nitrogens is 2. The van der Waals surface area contributed by atoms with Gasteiger partial charge in [-0.25, -0.2) is 9.78 Å². The van der Waals surface area contributed by atoms with Crippen LogP contribution in [0.1, 0.15) is 36.2 Å². The van der Waals surface area contributed by atoms with E-state index in [0.717, 1.165) is 16.7 Å². The predicted molar refractivity (Wildman–Crippen MR) is 165 cm³/mol. The summed E-state index contributed by atoms with van der Waals surface area (Å²) in [6.07, 6.45) is 2.81. The van der Waals surface area contributed by atoms with Crippen LogP contribution in [-0.2, 0) is 39.2 Å². The Balaban J connectivity index is 1.51. The van der Waals surface area contributed by atoms with Crippen molar-refractivity contribution in [3.8, 4) is 0 Å². The Labute approximate surface area is 252 Å². The highest BCUT2D eigenvalue weighted by atomic mass is 16.5. The quantitative estimate of drug-likeness (QED) is 0.216. The van der Waals surface area contributed by atoms with Crippen LogP contribution < -0.4 is 10.6 Å². The van der Waals surface area contributed by atoms with E-state index in [0.29, 0.717) is 18.7 Å². The normalized spacial score (nSPS) is 12.5. The molecule has 1 aromatic heterocycles. The predicted octanol–water partition coefficient (Wildman–Crippen LogP) is 4.41. The Morgan fingerprint density at radius 3 is 2.09 bits per heavy atom. The summed E-state index contributed by atoms with van der Waals surface area (Å²) < 4.78 is 5.40. The second-order valence-corrected chi connectivity index (χ2v) is 11.2. The number of hydrogen-bond acceptors (Lipinski definition) is 5. The van der Waals surface area contributed by atoms with Gasteiger partial charge in [-0.3, -0.25) is 9.59 Å². The number of nitrogens with one attached hydrogen (secondary N) is 3. The van der Waals surface area contributed by atoms with Crippen molar-refractivity contribution in [2.45, 2.75) is 50.8 Å². The van der Waals surface area contributed by atoms with Crippen LogP contribution in [0.5, 0.6) is 0 Å². The molecule has 0 aliphatic rings. The second kappa shape index (κ2) is 14.8. The number of carbonyl (C=O) groups excluding carboxylic acids is 3. The van der Waals surface area contributed by atoms with Crippen LogP contribution >= 0.6 is 0 Å². The van der Waals surface area contributed by atoms with Crippen molar-refractivity contribution in [2.75, 3.05) is 13.6 Å². The average Bonchev–Trinajstić information content (AvgIpc) is 3.55. The molecular weight excluding hydrogens is 542 g/mol. The van der Waals surface area contributed by atoms with Gasteiger partial charge in [0.2, 0.25) is 11.8 Å². The van der Waals surface area contributed by atoms with Crippen molar-refractivity contribution in [1.82, 2.24) is 25.5 Å². The molecular formula is C34H39N5O4. The number of nitrogens with zero attached hydrogens (tertiary/aromatic N) is 2. The maximum absolute atomic E-state index is 14.0. The molecule has 0 bridgehead atoms. The number of hydrogen-bond donors (Lipinski definition) is 3. The average molecular weight is 582 g/mol.